The van der Waals surface area contributed by atoms with Crippen LogP contribution in [0.25, 0.3) is 0 Å². The molecule has 1 saturated heterocycles. The highest BCUT2D eigenvalue weighted by atomic mass is 15.3. The van der Waals surface area contributed by atoms with Gasteiger partial charge < -0.3 is 15.5 Å². The van der Waals surface area contributed by atoms with Crippen molar-refractivity contribution in [3.8, 4) is 0 Å². The smallest absolute Gasteiger partial charge is 0.132 e. The Morgan fingerprint density at radius 3 is 2.70 bits per heavy atom. The van der Waals surface area contributed by atoms with Crippen molar-refractivity contribution in [3.05, 3.63) is 17.6 Å². The summed E-state index contributed by atoms with van der Waals surface area (Å²) in [6, 6.07) is 2.09. The summed E-state index contributed by atoms with van der Waals surface area (Å²) in [4.78, 5) is 13.8. The zero-order chi connectivity index (χ0) is 14.5. The summed E-state index contributed by atoms with van der Waals surface area (Å²) in [5, 5.41) is 0. The van der Waals surface area contributed by atoms with Crippen LogP contribution in [0.5, 0.6) is 0 Å². The van der Waals surface area contributed by atoms with Gasteiger partial charge in [0.05, 0.1) is 0 Å². The molecule has 5 nitrogen and oxygen atoms in total. The van der Waals surface area contributed by atoms with Crippen molar-refractivity contribution >= 4 is 5.82 Å². The molecule has 1 aliphatic rings. The number of anilines is 1. The van der Waals surface area contributed by atoms with Gasteiger partial charge in [0.1, 0.15) is 11.6 Å². The van der Waals surface area contributed by atoms with Crippen LogP contribution in [0.1, 0.15) is 24.9 Å². The zero-order valence-electron chi connectivity index (χ0n) is 13.0. The first-order valence-electron chi connectivity index (χ1n) is 7.58. The van der Waals surface area contributed by atoms with Crippen LogP contribution < -0.4 is 10.6 Å². The van der Waals surface area contributed by atoms with E-state index in [2.05, 4.69) is 32.8 Å². The molecule has 0 radical (unpaired) electrons. The Bertz CT molecular complexity index is 414. The molecule has 20 heavy (non-hydrogen) atoms. The first kappa shape index (κ1) is 15.2. The molecule has 2 rings (SSSR count). The van der Waals surface area contributed by atoms with E-state index in [0.717, 1.165) is 56.6 Å². The molecule has 0 aromatic carbocycles. The molecule has 1 unspecified atom stereocenters. The normalized spacial score (nSPS) is 18.9. The lowest BCUT2D eigenvalue weighted by Crippen LogP contribution is -2.35. The number of nitrogens with two attached hydrogens (primary N) is 1. The van der Waals surface area contributed by atoms with Crippen LogP contribution in [0.15, 0.2) is 6.07 Å². The summed E-state index contributed by atoms with van der Waals surface area (Å²) in [6.07, 6.45) is 1.18. The predicted octanol–water partition coefficient (Wildman–Crippen LogP) is 1.20. The number of hydrogen-bond donors (Lipinski definition) is 1. The third kappa shape index (κ3) is 4.15. The van der Waals surface area contributed by atoms with Crippen LogP contribution >= 0.6 is 0 Å². The molecule has 1 aromatic heterocycles. The SMILES string of the molecule is Cc1cc(N2CCCN(CC(C)CN)CC2)nc(C)n1. The highest BCUT2D eigenvalue weighted by Gasteiger charge is 2.17. The van der Waals surface area contributed by atoms with E-state index < -0.39 is 0 Å². The van der Waals surface area contributed by atoms with E-state index in [1.165, 1.54) is 6.42 Å². The quantitative estimate of drug-likeness (QED) is 0.896. The molecular formula is C15H27N5. The maximum Gasteiger partial charge on any atom is 0.132 e. The lowest BCUT2D eigenvalue weighted by atomic mass is 10.1. The number of rotatable bonds is 4. The molecule has 0 bridgehead atoms. The van der Waals surface area contributed by atoms with Gasteiger partial charge >= 0.3 is 0 Å². The van der Waals surface area contributed by atoms with Crippen molar-refractivity contribution in [1.29, 1.82) is 0 Å². The molecule has 2 N–H and O–H groups in total. The maximum atomic E-state index is 5.73. The van der Waals surface area contributed by atoms with Crippen LogP contribution in [0, 0.1) is 19.8 Å². The van der Waals surface area contributed by atoms with E-state index in [1.54, 1.807) is 0 Å². The van der Waals surface area contributed by atoms with Crippen molar-refractivity contribution in [3.63, 3.8) is 0 Å². The lowest BCUT2D eigenvalue weighted by molar-refractivity contribution is 0.255. The molecule has 1 fully saturated rings. The van der Waals surface area contributed by atoms with Crippen molar-refractivity contribution < 1.29 is 0 Å². The second kappa shape index (κ2) is 6.99. The fourth-order valence-corrected chi connectivity index (χ4v) is 2.76. The Kier molecular flexibility index (Phi) is 5.31. The van der Waals surface area contributed by atoms with Crippen LogP contribution in [-0.4, -0.2) is 54.1 Å². The summed E-state index contributed by atoms with van der Waals surface area (Å²) in [5.74, 6) is 2.51. The highest BCUT2D eigenvalue weighted by molar-refractivity contribution is 5.39. The van der Waals surface area contributed by atoms with Crippen molar-refractivity contribution in [2.24, 2.45) is 11.7 Å². The molecule has 0 aliphatic carbocycles. The summed E-state index contributed by atoms with van der Waals surface area (Å²) >= 11 is 0. The Morgan fingerprint density at radius 1 is 1.20 bits per heavy atom. The summed E-state index contributed by atoms with van der Waals surface area (Å²) in [7, 11) is 0. The maximum absolute atomic E-state index is 5.73. The Hall–Kier alpha value is -1.20. The van der Waals surface area contributed by atoms with Crippen molar-refractivity contribution in [2.75, 3.05) is 44.2 Å². The van der Waals surface area contributed by atoms with Crippen LogP contribution in [0.3, 0.4) is 0 Å². The number of aromatic nitrogens is 2. The van der Waals surface area contributed by atoms with Crippen LogP contribution in [0.2, 0.25) is 0 Å². The van der Waals surface area contributed by atoms with E-state index in [0.29, 0.717) is 5.92 Å². The largest absolute Gasteiger partial charge is 0.355 e. The van der Waals surface area contributed by atoms with Gasteiger partial charge in [-0.15, -0.1) is 0 Å². The second-order valence-corrected chi connectivity index (χ2v) is 5.90. The molecule has 1 aliphatic heterocycles. The lowest BCUT2D eigenvalue weighted by Gasteiger charge is -2.24. The van der Waals surface area contributed by atoms with Gasteiger partial charge in [0.2, 0.25) is 0 Å². The molecule has 5 heteroatoms. The number of aryl methyl sites for hydroxylation is 2. The second-order valence-electron chi connectivity index (χ2n) is 5.90. The van der Waals surface area contributed by atoms with Gasteiger partial charge in [-0.3, -0.25) is 0 Å². The summed E-state index contributed by atoms with van der Waals surface area (Å²) in [5.41, 5.74) is 6.77. The first-order chi connectivity index (χ1) is 9.58. The molecule has 112 valence electrons. The van der Waals surface area contributed by atoms with Crippen molar-refractivity contribution in [1.82, 2.24) is 14.9 Å². The fraction of sp³-hybridized carbons (Fsp3) is 0.733. The molecule has 0 spiro atoms. The minimum absolute atomic E-state index is 0.574. The van der Waals surface area contributed by atoms with E-state index in [-0.39, 0.29) is 0 Å². The van der Waals surface area contributed by atoms with Gasteiger partial charge in [-0.1, -0.05) is 6.92 Å². The Morgan fingerprint density at radius 2 is 2.00 bits per heavy atom. The minimum atomic E-state index is 0.574. The molecule has 1 aromatic rings. The van der Waals surface area contributed by atoms with Gasteiger partial charge in [0.15, 0.2) is 0 Å². The number of nitrogens with zero attached hydrogens (tertiary/aromatic N) is 4. The topological polar surface area (TPSA) is 58.3 Å². The standard InChI is InChI=1S/C15H27N5/c1-12(10-16)11-19-5-4-6-20(8-7-19)15-9-13(2)17-14(3)18-15/h9,12H,4-8,10-11,16H2,1-3H3. The van der Waals surface area contributed by atoms with Gasteiger partial charge in [-0.2, -0.15) is 0 Å². The minimum Gasteiger partial charge on any atom is -0.355 e. The molecule has 0 amide bonds. The predicted molar refractivity (Wildman–Crippen MR) is 83.0 cm³/mol. The summed E-state index contributed by atoms with van der Waals surface area (Å²) < 4.78 is 0. The van der Waals surface area contributed by atoms with Gasteiger partial charge in [0.25, 0.3) is 0 Å². The van der Waals surface area contributed by atoms with Gasteiger partial charge in [-0.05, 0) is 39.3 Å². The van der Waals surface area contributed by atoms with Crippen LogP contribution in [-0.2, 0) is 0 Å². The van der Waals surface area contributed by atoms with E-state index in [9.17, 15) is 0 Å². The van der Waals surface area contributed by atoms with E-state index >= 15 is 0 Å². The van der Waals surface area contributed by atoms with E-state index in [4.69, 9.17) is 5.73 Å². The average molecular weight is 277 g/mol. The highest BCUT2D eigenvalue weighted by Crippen LogP contribution is 2.15. The average Bonchev–Trinajstić information content (AvgIpc) is 2.63. The molecular weight excluding hydrogens is 250 g/mol. The van der Waals surface area contributed by atoms with E-state index in [1.807, 2.05) is 13.8 Å². The monoisotopic (exact) mass is 277 g/mol. The Balaban J connectivity index is 1.98. The molecule has 1 atom stereocenters. The molecule has 2 heterocycles. The van der Waals surface area contributed by atoms with Gasteiger partial charge in [-0.25, -0.2) is 9.97 Å². The third-order valence-corrected chi connectivity index (χ3v) is 3.84. The fourth-order valence-electron chi connectivity index (χ4n) is 2.76. The first-order valence-corrected chi connectivity index (χ1v) is 7.58. The molecule has 0 saturated carbocycles. The Labute approximate surface area is 122 Å². The summed E-state index contributed by atoms with van der Waals surface area (Å²) in [6.45, 7) is 12.4. The zero-order valence-corrected chi connectivity index (χ0v) is 13.0. The van der Waals surface area contributed by atoms with Gasteiger partial charge in [0, 0.05) is 37.9 Å². The third-order valence-electron chi connectivity index (χ3n) is 3.84. The number of hydrogen-bond acceptors (Lipinski definition) is 5. The van der Waals surface area contributed by atoms with Crippen molar-refractivity contribution in [2.45, 2.75) is 27.2 Å². The van der Waals surface area contributed by atoms with Crippen LogP contribution in [0.4, 0.5) is 5.82 Å².